The van der Waals surface area contributed by atoms with Gasteiger partial charge in [0.05, 0.1) is 35.6 Å². The van der Waals surface area contributed by atoms with Crippen molar-refractivity contribution in [3.05, 3.63) is 95.6 Å². The maximum absolute atomic E-state index is 13.5. The van der Waals surface area contributed by atoms with Crippen molar-refractivity contribution < 1.29 is 31.4 Å². The average Bonchev–Trinajstić information content (AvgIpc) is 2.83. The number of para-hydroxylation sites is 2. The quantitative estimate of drug-likeness (QED) is 0.397. The molecule has 0 saturated heterocycles. The van der Waals surface area contributed by atoms with E-state index in [2.05, 4.69) is 0 Å². The minimum absolute atomic E-state index is 0.124. The van der Waals surface area contributed by atoms with Crippen LogP contribution in [0.2, 0.25) is 0 Å². The monoisotopic (exact) mass is 494 g/mol. The van der Waals surface area contributed by atoms with Crippen LogP contribution in [0.4, 0.5) is 37.7 Å². The number of hydrogen-bond acceptors (Lipinski definition) is 3. The van der Waals surface area contributed by atoms with Crippen LogP contribution in [0, 0.1) is 0 Å². The Kier molecular flexibility index (Phi) is 6.73. The first-order chi connectivity index (χ1) is 16.5. The molecule has 35 heavy (non-hydrogen) atoms. The molecule has 3 aromatic carbocycles. The fourth-order valence-electron chi connectivity index (χ4n) is 4.50. The Morgan fingerprint density at radius 2 is 1.49 bits per heavy atom. The Bertz CT molecular complexity index is 1150. The second-order valence-electron chi connectivity index (χ2n) is 8.58. The topological polar surface area (TPSA) is 26.7 Å². The third kappa shape index (κ3) is 5.24. The number of fused-ring (bicyclic) bond motifs is 1. The molecule has 0 radical (unpaired) electrons. The number of benzene rings is 3. The molecule has 4 rings (SSSR count). The van der Waals surface area contributed by atoms with Gasteiger partial charge in [-0.25, -0.2) is 0 Å². The van der Waals surface area contributed by atoms with Gasteiger partial charge in [-0.2, -0.15) is 26.3 Å². The van der Waals surface area contributed by atoms with Gasteiger partial charge in [0.2, 0.25) is 0 Å². The van der Waals surface area contributed by atoms with Crippen molar-refractivity contribution in [2.24, 2.45) is 0 Å². The van der Waals surface area contributed by atoms with Crippen molar-refractivity contribution in [3.8, 4) is 0 Å². The number of nitrogens with zero attached hydrogens (tertiary/aromatic N) is 2. The maximum atomic E-state index is 13.5. The van der Waals surface area contributed by atoms with Gasteiger partial charge in [-0.05, 0) is 42.3 Å². The van der Waals surface area contributed by atoms with Crippen molar-refractivity contribution in [2.75, 3.05) is 22.9 Å². The molecular formula is C26H24F6N2O. The Hall–Kier alpha value is -3.20. The number of aliphatic hydroxyl groups excluding tert-OH is 1. The van der Waals surface area contributed by atoms with Gasteiger partial charge in [0.25, 0.3) is 0 Å². The van der Waals surface area contributed by atoms with Crippen LogP contribution in [0.5, 0.6) is 0 Å². The lowest BCUT2D eigenvalue weighted by molar-refractivity contribution is -0.200. The summed E-state index contributed by atoms with van der Waals surface area (Å²) in [6.07, 6.45) is -12.1. The molecule has 0 unspecified atom stereocenters. The second-order valence-corrected chi connectivity index (χ2v) is 8.58. The SMILES string of the molecule is C[C@H](c1ccccc1)N1C[C@@H](c2cccc(C(F)(F)F)c2)N(C[C@@H](O)C(F)(F)F)c2ccccc21. The number of rotatable bonds is 5. The molecule has 1 aliphatic heterocycles. The number of anilines is 2. The summed E-state index contributed by atoms with van der Waals surface area (Å²) in [5.41, 5.74) is 1.34. The largest absolute Gasteiger partial charge is 0.416 e. The van der Waals surface area contributed by atoms with E-state index in [1.807, 2.05) is 42.2 Å². The van der Waals surface area contributed by atoms with E-state index in [0.29, 0.717) is 11.4 Å². The van der Waals surface area contributed by atoms with Crippen LogP contribution in [-0.2, 0) is 6.18 Å². The van der Waals surface area contributed by atoms with Crippen LogP contribution in [0.15, 0.2) is 78.9 Å². The predicted octanol–water partition coefficient (Wildman–Crippen LogP) is 6.76. The molecule has 3 aromatic rings. The lowest BCUT2D eigenvalue weighted by Crippen LogP contribution is -2.49. The van der Waals surface area contributed by atoms with Crippen LogP contribution in [0.25, 0.3) is 0 Å². The first kappa shape index (κ1) is 24.9. The van der Waals surface area contributed by atoms with E-state index < -0.39 is 36.6 Å². The first-order valence-electron chi connectivity index (χ1n) is 11.1. The minimum Gasteiger partial charge on any atom is -0.382 e. The Balaban J connectivity index is 1.83. The molecule has 1 aliphatic rings. The summed E-state index contributed by atoms with van der Waals surface area (Å²) in [7, 11) is 0. The molecule has 0 fully saturated rings. The zero-order valence-electron chi connectivity index (χ0n) is 18.8. The molecule has 3 atom stereocenters. The number of halogens is 6. The lowest BCUT2D eigenvalue weighted by atomic mass is 9.95. The van der Waals surface area contributed by atoms with Crippen molar-refractivity contribution in [1.29, 1.82) is 0 Å². The van der Waals surface area contributed by atoms with Gasteiger partial charge < -0.3 is 14.9 Å². The average molecular weight is 494 g/mol. The van der Waals surface area contributed by atoms with E-state index >= 15 is 0 Å². The molecule has 3 nitrogen and oxygen atoms in total. The zero-order chi connectivity index (χ0) is 25.4. The Morgan fingerprint density at radius 3 is 2.11 bits per heavy atom. The predicted molar refractivity (Wildman–Crippen MR) is 122 cm³/mol. The zero-order valence-corrected chi connectivity index (χ0v) is 18.8. The van der Waals surface area contributed by atoms with Gasteiger partial charge in [-0.1, -0.05) is 54.6 Å². The van der Waals surface area contributed by atoms with Gasteiger partial charge in [0.1, 0.15) is 0 Å². The van der Waals surface area contributed by atoms with Gasteiger partial charge in [-0.15, -0.1) is 0 Å². The summed E-state index contributed by atoms with van der Waals surface area (Å²) in [6, 6.07) is 19.8. The van der Waals surface area contributed by atoms with E-state index in [1.54, 1.807) is 24.3 Å². The second kappa shape index (κ2) is 9.45. The highest BCUT2D eigenvalue weighted by molar-refractivity contribution is 5.75. The standard InChI is InChI=1S/C26H24F6N2O/c1-17(18-8-3-2-4-9-18)33-15-23(19-10-7-11-20(14-19)25(27,28)29)34(16-24(35)26(30,31)32)22-13-6-5-12-21(22)33/h2-14,17,23-24,35H,15-16H2,1H3/t17-,23+,24-/m1/s1. The molecule has 0 bridgehead atoms. The lowest BCUT2D eigenvalue weighted by Gasteiger charge is -2.47. The van der Waals surface area contributed by atoms with Gasteiger partial charge in [-0.3, -0.25) is 0 Å². The molecule has 0 amide bonds. The summed E-state index contributed by atoms with van der Waals surface area (Å²) in [6.45, 7) is 1.25. The third-order valence-electron chi connectivity index (χ3n) is 6.34. The normalized spacial score (nSPS) is 18.2. The number of alkyl halides is 6. The molecule has 9 heteroatoms. The van der Waals surface area contributed by atoms with Crippen LogP contribution < -0.4 is 9.80 Å². The highest BCUT2D eigenvalue weighted by atomic mass is 19.4. The van der Waals surface area contributed by atoms with Crippen LogP contribution in [0.1, 0.15) is 35.7 Å². The Morgan fingerprint density at radius 1 is 0.857 bits per heavy atom. The van der Waals surface area contributed by atoms with E-state index in [0.717, 1.165) is 17.7 Å². The highest BCUT2D eigenvalue weighted by Crippen LogP contribution is 2.45. The molecular weight excluding hydrogens is 470 g/mol. The fourth-order valence-corrected chi connectivity index (χ4v) is 4.50. The number of aliphatic hydroxyl groups is 1. The molecule has 186 valence electrons. The summed E-state index contributed by atoms with van der Waals surface area (Å²) < 4.78 is 80.3. The van der Waals surface area contributed by atoms with Crippen molar-refractivity contribution in [1.82, 2.24) is 0 Å². The number of hydrogen-bond donors (Lipinski definition) is 1. The number of β-amino-alcohol motifs (C(OH)–C–C–N with tert-alkyl or cyclic N) is 1. The van der Waals surface area contributed by atoms with Crippen LogP contribution in [-0.4, -0.2) is 30.5 Å². The van der Waals surface area contributed by atoms with Gasteiger partial charge in [0.15, 0.2) is 6.10 Å². The minimum atomic E-state index is -4.87. The van der Waals surface area contributed by atoms with Gasteiger partial charge >= 0.3 is 12.4 Å². The molecule has 1 N–H and O–H groups in total. The smallest absolute Gasteiger partial charge is 0.382 e. The summed E-state index contributed by atoms with van der Waals surface area (Å²) in [4.78, 5) is 3.34. The fraction of sp³-hybridized carbons (Fsp3) is 0.308. The Labute approximate surface area is 199 Å². The molecule has 0 saturated carbocycles. The van der Waals surface area contributed by atoms with Crippen molar-refractivity contribution >= 4 is 11.4 Å². The molecule has 0 aromatic heterocycles. The molecule has 0 aliphatic carbocycles. The van der Waals surface area contributed by atoms with Crippen LogP contribution in [0.3, 0.4) is 0 Å². The van der Waals surface area contributed by atoms with Crippen molar-refractivity contribution in [2.45, 2.75) is 37.5 Å². The summed E-state index contributed by atoms with van der Waals surface area (Å²) in [5, 5.41) is 9.90. The van der Waals surface area contributed by atoms with E-state index in [4.69, 9.17) is 0 Å². The van der Waals surface area contributed by atoms with E-state index in [1.165, 1.54) is 17.0 Å². The van der Waals surface area contributed by atoms with E-state index in [-0.39, 0.29) is 18.2 Å². The molecule has 0 spiro atoms. The molecule has 1 heterocycles. The summed E-state index contributed by atoms with van der Waals surface area (Å²) in [5.74, 6) is 0. The summed E-state index contributed by atoms with van der Waals surface area (Å²) >= 11 is 0. The van der Waals surface area contributed by atoms with Gasteiger partial charge in [0, 0.05) is 6.54 Å². The van der Waals surface area contributed by atoms with E-state index in [9.17, 15) is 31.4 Å². The highest BCUT2D eigenvalue weighted by Gasteiger charge is 2.43. The maximum Gasteiger partial charge on any atom is 0.416 e. The van der Waals surface area contributed by atoms with Crippen molar-refractivity contribution in [3.63, 3.8) is 0 Å². The first-order valence-corrected chi connectivity index (χ1v) is 11.1. The van der Waals surface area contributed by atoms with Crippen LogP contribution >= 0.6 is 0 Å². The third-order valence-corrected chi connectivity index (χ3v) is 6.34.